The van der Waals surface area contributed by atoms with Gasteiger partial charge >= 0.3 is 29.6 Å². The maximum atomic E-state index is 14.3. The Morgan fingerprint density at radius 2 is 1.68 bits per heavy atom. The average molecular weight is 572 g/mol. The molecule has 1 heterocycles. The third-order valence-electron chi connectivity index (χ3n) is 6.80. The number of aliphatic hydroxyl groups excluding tert-OH is 1. The number of anilines is 2. The molecule has 202 valence electrons. The molecule has 2 aromatic rings. The minimum atomic E-state index is -3.82. The van der Waals surface area contributed by atoms with Crippen molar-refractivity contribution in [2.24, 2.45) is 4.40 Å². The minimum absolute atomic E-state index is 0. The SMILES string of the molecule is CCCCC1(CCCC)C(=O)C(C2=NS(O)(O)c3cc(NS(C)(=O)=O)ccc3N2)=C(O)c2ccccc21.[NaH]. The van der Waals surface area contributed by atoms with Crippen molar-refractivity contribution in [2.45, 2.75) is 62.7 Å². The van der Waals surface area contributed by atoms with Crippen LogP contribution >= 0.6 is 10.8 Å². The van der Waals surface area contributed by atoms with Crippen LogP contribution in [0.4, 0.5) is 11.4 Å². The van der Waals surface area contributed by atoms with Gasteiger partial charge in [-0.2, -0.15) is 0 Å². The van der Waals surface area contributed by atoms with Gasteiger partial charge in [0.25, 0.3) is 0 Å². The number of hydrogen-bond acceptors (Lipinski definition) is 8. The molecule has 0 saturated heterocycles. The summed E-state index contributed by atoms with van der Waals surface area (Å²) < 4.78 is 51.6. The zero-order chi connectivity index (χ0) is 27.0. The average Bonchev–Trinajstić information content (AvgIpc) is 2.83. The Hall–Kier alpha value is -1.86. The number of benzene rings is 2. The zero-order valence-corrected chi connectivity index (χ0v) is 22.7. The molecule has 2 aliphatic rings. The molecule has 12 heteroatoms. The Morgan fingerprint density at radius 1 is 1.05 bits per heavy atom. The van der Waals surface area contributed by atoms with Crippen molar-refractivity contribution in [1.29, 1.82) is 0 Å². The van der Waals surface area contributed by atoms with Gasteiger partial charge in [0.15, 0.2) is 11.6 Å². The zero-order valence-electron chi connectivity index (χ0n) is 21.1. The van der Waals surface area contributed by atoms with Crippen LogP contribution in [-0.4, -0.2) is 70.1 Å². The molecular weight excluding hydrogens is 537 g/mol. The van der Waals surface area contributed by atoms with Gasteiger partial charge in [-0.1, -0.05) is 74.6 Å². The van der Waals surface area contributed by atoms with Gasteiger partial charge in [-0.15, -0.1) is 4.40 Å². The van der Waals surface area contributed by atoms with E-state index in [2.05, 4.69) is 28.3 Å². The van der Waals surface area contributed by atoms with E-state index >= 15 is 0 Å². The first kappa shape index (κ1) is 30.7. The van der Waals surface area contributed by atoms with Gasteiger partial charge in [0.1, 0.15) is 16.2 Å². The maximum absolute atomic E-state index is 14.3. The van der Waals surface area contributed by atoms with E-state index in [0.717, 1.165) is 37.5 Å². The third-order valence-corrected chi connectivity index (χ3v) is 8.77. The Labute approximate surface area is 247 Å². The van der Waals surface area contributed by atoms with Crippen LogP contribution in [0.15, 0.2) is 57.3 Å². The molecule has 0 aromatic heterocycles. The second kappa shape index (κ2) is 11.7. The topological polar surface area (TPSA) is 148 Å². The molecule has 5 N–H and O–H groups in total. The van der Waals surface area contributed by atoms with Gasteiger partial charge in [0.05, 0.1) is 23.0 Å². The molecule has 0 amide bonds. The van der Waals surface area contributed by atoms with E-state index < -0.39 is 26.2 Å². The van der Waals surface area contributed by atoms with Crippen molar-refractivity contribution in [3.63, 3.8) is 0 Å². The van der Waals surface area contributed by atoms with Crippen LogP contribution in [0.3, 0.4) is 0 Å². The first-order valence-corrected chi connectivity index (χ1v) is 15.7. The molecule has 1 aliphatic heterocycles. The second-order valence-corrected chi connectivity index (χ2v) is 13.0. The van der Waals surface area contributed by atoms with Crippen molar-refractivity contribution in [3.05, 3.63) is 59.2 Å². The van der Waals surface area contributed by atoms with E-state index in [1.807, 2.05) is 12.1 Å². The molecule has 38 heavy (non-hydrogen) atoms. The molecule has 0 bridgehead atoms. The van der Waals surface area contributed by atoms with Gasteiger partial charge in [0, 0.05) is 5.56 Å². The predicted octanol–water partition coefficient (Wildman–Crippen LogP) is 5.43. The first-order valence-electron chi connectivity index (χ1n) is 12.3. The van der Waals surface area contributed by atoms with Crippen molar-refractivity contribution in [1.82, 2.24) is 0 Å². The number of rotatable bonds is 9. The van der Waals surface area contributed by atoms with Crippen LogP contribution in [0.1, 0.15) is 63.5 Å². The Balaban J connectivity index is 0.00000400. The number of sulfonamides is 1. The summed E-state index contributed by atoms with van der Waals surface area (Å²) in [6.07, 6.45) is 5.59. The number of nitrogens with one attached hydrogen (secondary N) is 2. The number of nitrogens with zero attached hydrogens (tertiary/aromatic N) is 1. The number of ketones is 1. The second-order valence-electron chi connectivity index (χ2n) is 9.56. The quantitative estimate of drug-likeness (QED) is 0.252. The van der Waals surface area contributed by atoms with E-state index in [-0.39, 0.29) is 68.8 Å². The summed E-state index contributed by atoms with van der Waals surface area (Å²) in [7, 11) is -7.41. The number of unbranched alkanes of at least 4 members (excludes halogenated alkanes) is 2. The van der Waals surface area contributed by atoms with Crippen LogP contribution in [0.25, 0.3) is 5.76 Å². The summed E-state index contributed by atoms with van der Waals surface area (Å²) in [6.45, 7) is 4.12. The van der Waals surface area contributed by atoms with E-state index in [1.165, 1.54) is 18.2 Å². The van der Waals surface area contributed by atoms with E-state index in [9.17, 15) is 27.4 Å². The summed E-state index contributed by atoms with van der Waals surface area (Å²) in [5.74, 6) is -0.680. The van der Waals surface area contributed by atoms with Crippen molar-refractivity contribution < 1.29 is 27.4 Å². The number of carbonyl (C=O) groups excluding carboxylic acids is 1. The Morgan fingerprint density at radius 3 is 2.29 bits per heavy atom. The summed E-state index contributed by atoms with van der Waals surface area (Å²) >= 11 is 0. The van der Waals surface area contributed by atoms with Crippen molar-refractivity contribution >= 4 is 79.1 Å². The molecule has 0 radical (unpaired) electrons. The summed E-state index contributed by atoms with van der Waals surface area (Å²) in [5, 5.41) is 14.3. The molecule has 2 aromatic carbocycles. The first-order chi connectivity index (χ1) is 17.4. The molecular formula is C26H34N3NaO6S2. The summed E-state index contributed by atoms with van der Waals surface area (Å²) in [4.78, 5) is 14.3. The molecule has 0 atom stereocenters. The van der Waals surface area contributed by atoms with Crippen LogP contribution in [0.5, 0.6) is 0 Å². The Kier molecular flexibility index (Phi) is 9.45. The van der Waals surface area contributed by atoms with E-state index in [4.69, 9.17) is 0 Å². The van der Waals surface area contributed by atoms with Crippen LogP contribution in [0.2, 0.25) is 0 Å². The van der Waals surface area contributed by atoms with Crippen molar-refractivity contribution in [2.75, 3.05) is 16.3 Å². The van der Waals surface area contributed by atoms with Gasteiger partial charge in [-0.05, 0) is 36.6 Å². The molecule has 0 saturated carbocycles. The molecule has 0 unspecified atom stereocenters. The monoisotopic (exact) mass is 571 g/mol. The fourth-order valence-electron chi connectivity index (χ4n) is 5.07. The van der Waals surface area contributed by atoms with Crippen LogP contribution in [0, 0.1) is 0 Å². The van der Waals surface area contributed by atoms with Gasteiger partial charge in [-0.25, -0.2) is 8.42 Å². The van der Waals surface area contributed by atoms with Crippen LogP contribution in [-0.2, 0) is 20.2 Å². The van der Waals surface area contributed by atoms with Gasteiger partial charge in [0.2, 0.25) is 10.0 Å². The van der Waals surface area contributed by atoms with Crippen LogP contribution < -0.4 is 10.0 Å². The van der Waals surface area contributed by atoms with Crippen molar-refractivity contribution in [3.8, 4) is 0 Å². The fourth-order valence-corrected chi connectivity index (χ4v) is 6.82. The normalized spacial score (nSPS) is 18.3. The molecule has 9 nitrogen and oxygen atoms in total. The number of Topliss-reactive ketones (excluding diaryl/α,β-unsaturated/α-hetero) is 1. The number of hydrogen-bond donors (Lipinski definition) is 5. The third kappa shape index (κ3) is 5.84. The number of amidine groups is 1. The number of aliphatic hydroxyl groups is 1. The summed E-state index contributed by atoms with van der Waals surface area (Å²) in [6, 6.07) is 11.5. The molecule has 4 rings (SSSR count). The van der Waals surface area contributed by atoms with Gasteiger partial charge < -0.3 is 10.4 Å². The standard InChI is InChI=1S/C26H33N3O6S2.Na.H/c1-4-6-14-26(15-7-5-2)19-11-9-8-10-18(19)23(30)22(24(26)31)25-27-20-13-12-17(28-36(3,32)33)16-21(20)37(34,35)29-25;;/h8-13,16,28,30,34-35H,4-7,14-15H2,1-3H3,(H,27,29);;. The number of fused-ring (bicyclic) bond motifs is 2. The number of carbonyl (C=O) groups is 1. The predicted molar refractivity (Wildman–Crippen MR) is 156 cm³/mol. The van der Waals surface area contributed by atoms with E-state index in [0.29, 0.717) is 18.4 Å². The summed E-state index contributed by atoms with van der Waals surface area (Å²) in [5.41, 5.74) is 0.760. The molecule has 0 spiro atoms. The molecule has 0 fully saturated rings. The van der Waals surface area contributed by atoms with Gasteiger partial charge in [-0.3, -0.25) is 18.6 Å². The van der Waals surface area contributed by atoms with E-state index in [1.54, 1.807) is 12.1 Å². The Bertz CT molecular complexity index is 1400. The fraction of sp³-hybridized carbons (Fsp3) is 0.385. The molecule has 1 aliphatic carbocycles.